The third-order valence-corrected chi connectivity index (χ3v) is 6.47. The van der Waals surface area contributed by atoms with Gasteiger partial charge in [-0.3, -0.25) is 0 Å². The lowest BCUT2D eigenvalue weighted by atomic mass is 9.53. The van der Waals surface area contributed by atoms with Crippen molar-refractivity contribution in [1.29, 1.82) is 0 Å². The van der Waals surface area contributed by atoms with E-state index >= 15 is 0 Å². The number of phenols is 1. The quantitative estimate of drug-likeness (QED) is 0.765. The standard InChI is InChI=1S/C23H23ClO2/c24-13-12-22(26)10-11-23(15-17-4-2-1-3-5-17)19(16-22)7-6-18-14-20(25)8-9-21(18)23/h1-5,8-9,14,19,25-26H,6-7,10-11,15-16H2/t19-,22-,23-/m0/s1. The van der Waals surface area contributed by atoms with Gasteiger partial charge in [0.05, 0.1) is 0 Å². The van der Waals surface area contributed by atoms with Gasteiger partial charge >= 0.3 is 0 Å². The van der Waals surface area contributed by atoms with Crippen molar-refractivity contribution in [1.82, 2.24) is 0 Å². The van der Waals surface area contributed by atoms with Gasteiger partial charge in [0.25, 0.3) is 0 Å². The Balaban J connectivity index is 1.79. The maximum atomic E-state index is 10.9. The molecule has 4 rings (SSSR count). The van der Waals surface area contributed by atoms with E-state index in [4.69, 9.17) is 11.6 Å². The van der Waals surface area contributed by atoms with Crippen LogP contribution in [-0.2, 0) is 18.3 Å². The number of fused-ring (bicyclic) bond motifs is 3. The van der Waals surface area contributed by atoms with Crippen LogP contribution in [-0.4, -0.2) is 15.8 Å². The Morgan fingerprint density at radius 3 is 2.69 bits per heavy atom. The number of aryl methyl sites for hydroxylation is 1. The number of hydrogen-bond acceptors (Lipinski definition) is 2. The molecule has 0 unspecified atom stereocenters. The van der Waals surface area contributed by atoms with Gasteiger partial charge in [0.2, 0.25) is 0 Å². The molecule has 0 spiro atoms. The summed E-state index contributed by atoms with van der Waals surface area (Å²) in [5, 5.41) is 23.2. The molecule has 134 valence electrons. The Kier molecular flexibility index (Phi) is 4.47. The van der Waals surface area contributed by atoms with Gasteiger partial charge in [0.1, 0.15) is 11.4 Å². The molecule has 0 saturated heterocycles. The van der Waals surface area contributed by atoms with E-state index in [1.807, 2.05) is 12.1 Å². The van der Waals surface area contributed by atoms with Gasteiger partial charge in [-0.1, -0.05) is 42.3 Å². The number of halogens is 1. The van der Waals surface area contributed by atoms with Crippen LogP contribution in [0.5, 0.6) is 5.75 Å². The van der Waals surface area contributed by atoms with Crippen molar-refractivity contribution in [3.8, 4) is 17.0 Å². The van der Waals surface area contributed by atoms with E-state index in [1.54, 1.807) is 6.07 Å². The smallest absolute Gasteiger partial charge is 0.127 e. The lowest BCUT2D eigenvalue weighted by Gasteiger charge is -2.52. The molecule has 0 radical (unpaired) electrons. The average molecular weight is 367 g/mol. The first-order valence-electron chi connectivity index (χ1n) is 9.26. The number of benzene rings is 2. The molecule has 3 heteroatoms. The summed E-state index contributed by atoms with van der Waals surface area (Å²) >= 11 is 5.61. The van der Waals surface area contributed by atoms with Gasteiger partial charge in [0, 0.05) is 10.8 Å². The highest BCUT2D eigenvalue weighted by Gasteiger charge is 2.51. The maximum absolute atomic E-state index is 10.9. The van der Waals surface area contributed by atoms with Gasteiger partial charge in [-0.25, -0.2) is 0 Å². The number of hydrogen-bond donors (Lipinski definition) is 2. The monoisotopic (exact) mass is 366 g/mol. The van der Waals surface area contributed by atoms with Crippen molar-refractivity contribution in [3.05, 3.63) is 65.2 Å². The first-order chi connectivity index (χ1) is 12.5. The Morgan fingerprint density at radius 2 is 1.92 bits per heavy atom. The van der Waals surface area contributed by atoms with Gasteiger partial charge in [-0.2, -0.15) is 0 Å². The van der Waals surface area contributed by atoms with Crippen LogP contribution in [0.2, 0.25) is 0 Å². The lowest BCUT2D eigenvalue weighted by Crippen LogP contribution is -2.50. The van der Waals surface area contributed by atoms with E-state index in [9.17, 15) is 10.2 Å². The topological polar surface area (TPSA) is 40.5 Å². The van der Waals surface area contributed by atoms with Crippen LogP contribution >= 0.6 is 11.6 Å². The van der Waals surface area contributed by atoms with E-state index in [-0.39, 0.29) is 5.41 Å². The molecule has 2 aliphatic carbocycles. The summed E-state index contributed by atoms with van der Waals surface area (Å²) in [4.78, 5) is 0. The minimum atomic E-state index is -0.985. The van der Waals surface area contributed by atoms with Crippen molar-refractivity contribution in [2.75, 3.05) is 0 Å². The fraction of sp³-hybridized carbons (Fsp3) is 0.391. The van der Waals surface area contributed by atoms with Crippen LogP contribution in [0.4, 0.5) is 0 Å². The number of aliphatic hydroxyl groups is 1. The third kappa shape index (κ3) is 3.00. The molecule has 0 amide bonds. The predicted octanol–water partition coefficient (Wildman–Crippen LogP) is 4.55. The zero-order valence-corrected chi connectivity index (χ0v) is 15.5. The molecule has 1 saturated carbocycles. The van der Waals surface area contributed by atoms with Gasteiger partial charge in [-0.05, 0) is 84.9 Å². The zero-order chi connectivity index (χ0) is 18.2. The molecule has 0 aromatic heterocycles. The fourth-order valence-electron chi connectivity index (χ4n) is 5.16. The second kappa shape index (κ2) is 6.65. The molecule has 26 heavy (non-hydrogen) atoms. The minimum Gasteiger partial charge on any atom is -0.508 e. The lowest BCUT2D eigenvalue weighted by molar-refractivity contribution is -0.00796. The van der Waals surface area contributed by atoms with Crippen LogP contribution in [0.1, 0.15) is 42.4 Å². The molecule has 2 aliphatic rings. The van der Waals surface area contributed by atoms with Crippen molar-refractivity contribution in [3.63, 3.8) is 0 Å². The van der Waals surface area contributed by atoms with Crippen LogP contribution < -0.4 is 0 Å². The molecule has 0 aliphatic heterocycles. The van der Waals surface area contributed by atoms with Gasteiger partial charge in [0.15, 0.2) is 0 Å². The van der Waals surface area contributed by atoms with Gasteiger partial charge in [-0.15, -0.1) is 0 Å². The number of rotatable bonds is 2. The van der Waals surface area contributed by atoms with E-state index in [0.29, 0.717) is 24.5 Å². The number of phenolic OH excluding ortho intramolecular Hbond substituents is 1. The van der Waals surface area contributed by atoms with Gasteiger partial charge < -0.3 is 10.2 Å². The Labute approximate surface area is 159 Å². The van der Waals surface area contributed by atoms with E-state index < -0.39 is 5.60 Å². The van der Waals surface area contributed by atoms with Crippen LogP contribution in [0.15, 0.2) is 48.5 Å². The summed E-state index contributed by atoms with van der Waals surface area (Å²) in [5.74, 6) is 3.51. The summed E-state index contributed by atoms with van der Waals surface area (Å²) in [5.41, 5.74) is 2.87. The highest BCUT2D eigenvalue weighted by molar-refractivity contribution is 6.30. The molecule has 2 aromatic rings. The summed E-state index contributed by atoms with van der Waals surface area (Å²) < 4.78 is 0. The molecule has 0 heterocycles. The average Bonchev–Trinajstić information content (AvgIpc) is 2.63. The van der Waals surface area contributed by atoms with Crippen molar-refractivity contribution < 1.29 is 10.2 Å². The van der Waals surface area contributed by atoms with Crippen molar-refractivity contribution >= 4 is 11.6 Å². The maximum Gasteiger partial charge on any atom is 0.127 e. The molecule has 2 N–H and O–H groups in total. The van der Waals surface area contributed by atoms with E-state index in [1.165, 1.54) is 16.7 Å². The normalized spacial score (nSPS) is 29.8. The van der Waals surface area contributed by atoms with Crippen molar-refractivity contribution in [2.24, 2.45) is 5.92 Å². The van der Waals surface area contributed by atoms with Crippen LogP contribution in [0.25, 0.3) is 0 Å². The van der Waals surface area contributed by atoms with Crippen LogP contribution in [0, 0.1) is 17.2 Å². The minimum absolute atomic E-state index is 0.0249. The molecule has 2 nitrogen and oxygen atoms in total. The third-order valence-electron chi connectivity index (χ3n) is 6.38. The second-order valence-corrected chi connectivity index (χ2v) is 8.04. The number of aromatic hydroxyl groups is 1. The summed E-state index contributed by atoms with van der Waals surface area (Å²) in [7, 11) is 0. The molecular formula is C23H23ClO2. The summed E-state index contributed by atoms with van der Waals surface area (Å²) in [6.45, 7) is 0. The Morgan fingerprint density at radius 1 is 1.12 bits per heavy atom. The summed E-state index contributed by atoms with van der Waals surface area (Å²) in [6, 6.07) is 16.4. The molecule has 1 fully saturated rings. The second-order valence-electron chi connectivity index (χ2n) is 7.85. The highest BCUT2D eigenvalue weighted by atomic mass is 35.5. The SMILES string of the molecule is Oc1ccc2c(c1)CC[C@H]1C[C@@](O)(C#CCl)CC[C@@]21Cc1ccccc1. The largest absolute Gasteiger partial charge is 0.508 e. The molecular weight excluding hydrogens is 344 g/mol. The first-order valence-corrected chi connectivity index (χ1v) is 9.64. The van der Waals surface area contributed by atoms with E-state index in [2.05, 4.69) is 41.6 Å². The summed E-state index contributed by atoms with van der Waals surface area (Å²) in [6.07, 6.45) is 5.01. The van der Waals surface area contributed by atoms with Crippen molar-refractivity contribution in [2.45, 2.75) is 49.5 Å². The Hall–Kier alpha value is -1.95. The molecule has 2 aromatic carbocycles. The molecule has 3 atom stereocenters. The molecule has 0 bridgehead atoms. The van der Waals surface area contributed by atoms with Crippen LogP contribution in [0.3, 0.4) is 0 Å². The highest BCUT2D eigenvalue weighted by Crippen LogP contribution is 2.54. The first kappa shape index (κ1) is 17.5. The zero-order valence-electron chi connectivity index (χ0n) is 14.7. The Bertz CT molecular complexity index is 867. The fourth-order valence-corrected chi connectivity index (χ4v) is 5.34. The van der Waals surface area contributed by atoms with E-state index in [0.717, 1.165) is 25.7 Å². The predicted molar refractivity (Wildman–Crippen MR) is 104 cm³/mol.